The topological polar surface area (TPSA) is 64.4 Å². The Hall–Kier alpha value is -1.33. The molecule has 1 unspecified atom stereocenters. The van der Waals surface area contributed by atoms with Crippen molar-refractivity contribution in [3.8, 4) is 5.75 Å². The first-order valence-corrected chi connectivity index (χ1v) is 6.19. The quantitative estimate of drug-likeness (QED) is 0.612. The standard InChI is InChI=1S/C12H17ClN2O3/c1-3-14-7-9(2)8-18-12-6-10(13)4-5-11(12)15(16)17/h4-6,9,14H,3,7-8H2,1-2H3. The van der Waals surface area contributed by atoms with E-state index >= 15 is 0 Å². The van der Waals surface area contributed by atoms with E-state index in [2.05, 4.69) is 5.32 Å². The number of benzene rings is 1. The van der Waals surface area contributed by atoms with E-state index in [-0.39, 0.29) is 17.4 Å². The van der Waals surface area contributed by atoms with Crippen molar-refractivity contribution in [3.63, 3.8) is 0 Å². The van der Waals surface area contributed by atoms with Gasteiger partial charge in [-0.25, -0.2) is 0 Å². The molecular weight excluding hydrogens is 256 g/mol. The lowest BCUT2D eigenvalue weighted by Crippen LogP contribution is -2.24. The summed E-state index contributed by atoms with van der Waals surface area (Å²) in [5, 5.41) is 14.4. The molecule has 1 atom stereocenters. The number of ether oxygens (including phenoxy) is 1. The van der Waals surface area contributed by atoms with Gasteiger partial charge < -0.3 is 10.1 Å². The van der Waals surface area contributed by atoms with Gasteiger partial charge in [-0.2, -0.15) is 0 Å². The molecule has 0 saturated heterocycles. The monoisotopic (exact) mass is 272 g/mol. The Balaban J connectivity index is 2.65. The molecule has 0 radical (unpaired) electrons. The summed E-state index contributed by atoms with van der Waals surface area (Å²) >= 11 is 5.81. The Labute approximate surface area is 111 Å². The second-order valence-corrected chi connectivity index (χ2v) is 4.53. The van der Waals surface area contributed by atoms with E-state index in [0.717, 1.165) is 13.1 Å². The lowest BCUT2D eigenvalue weighted by atomic mass is 10.2. The van der Waals surface area contributed by atoms with Gasteiger partial charge in [-0.05, 0) is 12.6 Å². The SMILES string of the molecule is CCNCC(C)COc1cc(Cl)ccc1[N+](=O)[O-]. The van der Waals surface area contributed by atoms with Gasteiger partial charge in [0.05, 0.1) is 11.5 Å². The summed E-state index contributed by atoms with van der Waals surface area (Å²) in [7, 11) is 0. The maximum atomic E-state index is 10.8. The normalized spacial score (nSPS) is 12.2. The molecule has 0 fully saturated rings. The number of nitro benzene ring substituents is 1. The molecule has 0 aromatic heterocycles. The zero-order valence-corrected chi connectivity index (χ0v) is 11.2. The highest BCUT2D eigenvalue weighted by molar-refractivity contribution is 6.30. The largest absolute Gasteiger partial charge is 0.486 e. The molecule has 100 valence electrons. The Morgan fingerprint density at radius 3 is 2.89 bits per heavy atom. The second-order valence-electron chi connectivity index (χ2n) is 4.09. The third kappa shape index (κ3) is 4.50. The lowest BCUT2D eigenvalue weighted by molar-refractivity contribution is -0.385. The number of nitrogens with zero attached hydrogens (tertiary/aromatic N) is 1. The van der Waals surface area contributed by atoms with Gasteiger partial charge in [-0.3, -0.25) is 10.1 Å². The first-order chi connectivity index (χ1) is 8.54. The van der Waals surface area contributed by atoms with Crippen LogP contribution in [0.2, 0.25) is 5.02 Å². The van der Waals surface area contributed by atoms with Crippen molar-refractivity contribution in [2.45, 2.75) is 13.8 Å². The summed E-state index contributed by atoms with van der Waals surface area (Å²) in [6.45, 7) is 6.15. The molecule has 1 aromatic carbocycles. The van der Waals surface area contributed by atoms with Crippen molar-refractivity contribution in [2.24, 2.45) is 5.92 Å². The molecule has 0 aliphatic heterocycles. The number of nitrogens with one attached hydrogen (secondary N) is 1. The summed E-state index contributed by atoms with van der Waals surface area (Å²) < 4.78 is 5.47. The van der Waals surface area contributed by atoms with Gasteiger partial charge in [0.1, 0.15) is 0 Å². The lowest BCUT2D eigenvalue weighted by Gasteiger charge is -2.13. The molecule has 5 nitrogen and oxygen atoms in total. The van der Waals surface area contributed by atoms with Crippen LogP contribution in [0.4, 0.5) is 5.69 Å². The van der Waals surface area contributed by atoms with E-state index in [9.17, 15) is 10.1 Å². The maximum absolute atomic E-state index is 10.8. The van der Waals surface area contributed by atoms with Gasteiger partial charge in [0.15, 0.2) is 5.75 Å². The van der Waals surface area contributed by atoms with Crippen LogP contribution in [0.1, 0.15) is 13.8 Å². The van der Waals surface area contributed by atoms with Crippen molar-refractivity contribution in [1.29, 1.82) is 0 Å². The highest BCUT2D eigenvalue weighted by Gasteiger charge is 2.16. The molecule has 0 aliphatic carbocycles. The molecule has 0 spiro atoms. The minimum atomic E-state index is -0.472. The molecule has 0 aliphatic rings. The molecule has 0 heterocycles. The van der Waals surface area contributed by atoms with Crippen molar-refractivity contribution in [2.75, 3.05) is 19.7 Å². The van der Waals surface area contributed by atoms with Crippen LogP contribution in [-0.4, -0.2) is 24.6 Å². The van der Waals surface area contributed by atoms with Crippen LogP contribution in [0.25, 0.3) is 0 Å². The third-order valence-electron chi connectivity index (χ3n) is 2.38. The van der Waals surface area contributed by atoms with Gasteiger partial charge in [0.2, 0.25) is 0 Å². The Bertz CT molecular complexity index is 412. The van der Waals surface area contributed by atoms with Crippen LogP contribution in [0.3, 0.4) is 0 Å². The fourth-order valence-electron chi connectivity index (χ4n) is 1.44. The number of rotatable bonds is 7. The highest BCUT2D eigenvalue weighted by Crippen LogP contribution is 2.30. The fourth-order valence-corrected chi connectivity index (χ4v) is 1.60. The van der Waals surface area contributed by atoms with Crippen molar-refractivity contribution in [1.82, 2.24) is 5.32 Å². The first kappa shape index (κ1) is 14.7. The van der Waals surface area contributed by atoms with E-state index in [0.29, 0.717) is 11.6 Å². The third-order valence-corrected chi connectivity index (χ3v) is 2.62. The molecule has 0 amide bonds. The van der Waals surface area contributed by atoms with E-state index in [4.69, 9.17) is 16.3 Å². The predicted octanol–water partition coefficient (Wildman–Crippen LogP) is 2.87. The summed E-state index contributed by atoms with van der Waals surface area (Å²) in [5.74, 6) is 0.486. The summed E-state index contributed by atoms with van der Waals surface area (Å²) in [5.41, 5.74) is -0.0601. The van der Waals surface area contributed by atoms with Crippen LogP contribution in [0.5, 0.6) is 5.75 Å². The van der Waals surface area contributed by atoms with Gasteiger partial charge in [0.25, 0.3) is 0 Å². The van der Waals surface area contributed by atoms with Gasteiger partial charge in [-0.15, -0.1) is 0 Å². The zero-order valence-electron chi connectivity index (χ0n) is 10.5. The number of hydrogen-bond donors (Lipinski definition) is 1. The minimum absolute atomic E-state index is 0.0601. The highest BCUT2D eigenvalue weighted by atomic mass is 35.5. The summed E-state index contributed by atoms with van der Waals surface area (Å²) in [6, 6.07) is 4.31. The number of hydrogen-bond acceptors (Lipinski definition) is 4. The van der Waals surface area contributed by atoms with Crippen molar-refractivity contribution < 1.29 is 9.66 Å². The van der Waals surface area contributed by atoms with Gasteiger partial charge in [0, 0.05) is 29.6 Å². The Kier molecular flexibility index (Phi) is 5.88. The van der Waals surface area contributed by atoms with Crippen molar-refractivity contribution >= 4 is 17.3 Å². The second kappa shape index (κ2) is 7.18. The average Bonchev–Trinajstić information content (AvgIpc) is 2.33. The summed E-state index contributed by atoms with van der Waals surface area (Å²) in [6.07, 6.45) is 0. The van der Waals surface area contributed by atoms with E-state index in [1.54, 1.807) is 0 Å². The fraction of sp³-hybridized carbons (Fsp3) is 0.500. The van der Waals surface area contributed by atoms with Crippen LogP contribution in [0.15, 0.2) is 18.2 Å². The molecule has 1 aromatic rings. The van der Waals surface area contributed by atoms with Crippen LogP contribution in [-0.2, 0) is 0 Å². The van der Waals surface area contributed by atoms with Crippen molar-refractivity contribution in [3.05, 3.63) is 33.3 Å². The van der Waals surface area contributed by atoms with Gasteiger partial charge >= 0.3 is 5.69 Å². The molecule has 6 heteroatoms. The minimum Gasteiger partial charge on any atom is -0.486 e. The molecule has 0 saturated carbocycles. The maximum Gasteiger partial charge on any atom is 0.311 e. The van der Waals surface area contributed by atoms with Gasteiger partial charge in [-0.1, -0.05) is 25.4 Å². The molecule has 1 rings (SSSR count). The van der Waals surface area contributed by atoms with Crippen LogP contribution in [0, 0.1) is 16.0 Å². The van der Waals surface area contributed by atoms with E-state index < -0.39 is 4.92 Å². The summed E-state index contributed by atoms with van der Waals surface area (Å²) in [4.78, 5) is 10.3. The van der Waals surface area contributed by atoms with E-state index in [1.165, 1.54) is 18.2 Å². The van der Waals surface area contributed by atoms with E-state index in [1.807, 2.05) is 13.8 Å². The first-order valence-electron chi connectivity index (χ1n) is 5.82. The molecule has 18 heavy (non-hydrogen) atoms. The number of nitro groups is 1. The molecule has 0 bridgehead atoms. The molecule has 1 N–H and O–H groups in total. The number of halogens is 1. The zero-order chi connectivity index (χ0) is 13.5. The molecular formula is C12H17ClN2O3. The van der Waals surface area contributed by atoms with Crippen LogP contribution >= 0.6 is 11.6 Å². The predicted molar refractivity (Wildman–Crippen MR) is 71.3 cm³/mol. The smallest absolute Gasteiger partial charge is 0.311 e. The van der Waals surface area contributed by atoms with Crippen LogP contribution < -0.4 is 10.1 Å². The Morgan fingerprint density at radius 2 is 2.28 bits per heavy atom. The average molecular weight is 273 g/mol. The Morgan fingerprint density at radius 1 is 1.56 bits per heavy atom.